The van der Waals surface area contributed by atoms with E-state index in [0.717, 1.165) is 33.3 Å². The molecule has 0 aliphatic heterocycles. The van der Waals surface area contributed by atoms with Gasteiger partial charge in [0.25, 0.3) is 0 Å². The SMILES string of the molecule is C=C.C=C(C)/C=C\C(=C)C(=C)c1ccccn1.C=C/C=C\C(C=C)=C(C)C.c1cnc2ccc(-c3ccc(-c4ccc5ccc6c(-c7ccncc7)ccc7ccc4c5c76)cc3)cc2c1. The van der Waals surface area contributed by atoms with E-state index in [2.05, 4.69) is 184 Å². The van der Waals surface area contributed by atoms with Gasteiger partial charge in [-0.2, -0.15) is 0 Å². The van der Waals surface area contributed by atoms with Crippen LogP contribution in [0.2, 0.25) is 0 Å². The van der Waals surface area contributed by atoms with Crippen LogP contribution in [0, 0.1) is 0 Å². The van der Waals surface area contributed by atoms with E-state index in [4.69, 9.17) is 0 Å². The molecule has 3 heteroatoms. The quantitative estimate of drug-likeness (QED) is 0.0782. The molecule has 318 valence electrons. The predicted molar refractivity (Wildman–Crippen MR) is 285 cm³/mol. The first-order valence-electron chi connectivity index (χ1n) is 21.5. The number of fused-ring (bicyclic) bond motifs is 1. The Hall–Kier alpha value is -8.27. The molecule has 0 saturated carbocycles. The maximum atomic E-state index is 4.45. The molecule has 0 fully saturated rings. The highest BCUT2D eigenvalue weighted by atomic mass is 14.7. The van der Waals surface area contributed by atoms with Crippen LogP contribution in [0.15, 0.2) is 263 Å². The van der Waals surface area contributed by atoms with Crippen molar-refractivity contribution in [2.45, 2.75) is 20.8 Å². The summed E-state index contributed by atoms with van der Waals surface area (Å²) in [6, 6.07) is 47.5. The fourth-order valence-corrected chi connectivity index (χ4v) is 7.59. The highest BCUT2D eigenvalue weighted by Crippen LogP contribution is 2.42. The summed E-state index contributed by atoms with van der Waals surface area (Å²) >= 11 is 0. The molecule has 3 nitrogen and oxygen atoms in total. The first-order chi connectivity index (χ1) is 31.7. The van der Waals surface area contributed by atoms with E-state index in [9.17, 15) is 0 Å². The molecule has 3 aromatic heterocycles. The molecule has 65 heavy (non-hydrogen) atoms. The second kappa shape index (κ2) is 22.2. The fraction of sp³-hybridized carbons (Fsp3) is 0.0484. The lowest BCUT2D eigenvalue weighted by Crippen LogP contribution is -1.89. The Labute approximate surface area is 384 Å². The average molecular weight is 842 g/mol. The van der Waals surface area contributed by atoms with Gasteiger partial charge in [-0.3, -0.25) is 15.0 Å². The van der Waals surface area contributed by atoms with Gasteiger partial charge < -0.3 is 0 Å². The zero-order chi connectivity index (χ0) is 46.3. The summed E-state index contributed by atoms with van der Waals surface area (Å²) in [7, 11) is 0. The molecule has 6 aromatic carbocycles. The van der Waals surface area contributed by atoms with Gasteiger partial charge >= 0.3 is 0 Å². The van der Waals surface area contributed by atoms with Crippen molar-refractivity contribution in [3.8, 4) is 33.4 Å². The molecule has 0 aliphatic carbocycles. The maximum absolute atomic E-state index is 4.45. The van der Waals surface area contributed by atoms with Crippen molar-refractivity contribution >= 4 is 48.8 Å². The van der Waals surface area contributed by atoms with Crippen LogP contribution in [0.3, 0.4) is 0 Å². The van der Waals surface area contributed by atoms with Crippen molar-refractivity contribution in [3.05, 3.63) is 269 Å². The molecule has 0 saturated heterocycles. The van der Waals surface area contributed by atoms with E-state index < -0.39 is 0 Å². The molecule has 0 unspecified atom stereocenters. The van der Waals surface area contributed by atoms with Gasteiger partial charge in [0.1, 0.15) is 0 Å². The Bertz CT molecular complexity index is 3210. The van der Waals surface area contributed by atoms with Crippen LogP contribution in [0.1, 0.15) is 26.5 Å². The lowest BCUT2D eigenvalue weighted by Gasteiger charge is -2.16. The Morgan fingerprint density at radius 3 is 1.66 bits per heavy atom. The zero-order valence-electron chi connectivity index (χ0n) is 37.8. The van der Waals surface area contributed by atoms with Crippen LogP contribution in [-0.2, 0) is 0 Å². The molecular formula is C62H55N3. The largest absolute Gasteiger partial charge is 0.265 e. The number of pyridine rings is 3. The first kappa shape index (κ1) is 46.2. The molecule has 0 radical (unpaired) electrons. The van der Waals surface area contributed by atoms with Crippen LogP contribution in [-0.4, -0.2) is 15.0 Å². The summed E-state index contributed by atoms with van der Waals surface area (Å²) in [5, 5.41) is 8.94. The highest BCUT2D eigenvalue weighted by Gasteiger charge is 2.15. The zero-order valence-corrected chi connectivity index (χ0v) is 37.8. The van der Waals surface area contributed by atoms with Crippen LogP contribution in [0.5, 0.6) is 0 Å². The Morgan fingerprint density at radius 2 is 1.09 bits per heavy atom. The van der Waals surface area contributed by atoms with Gasteiger partial charge in [-0.25, -0.2) is 0 Å². The van der Waals surface area contributed by atoms with E-state index in [1.54, 1.807) is 12.3 Å². The maximum Gasteiger partial charge on any atom is 0.0702 e. The molecule has 0 aliphatic rings. The minimum atomic E-state index is 0.841. The van der Waals surface area contributed by atoms with Crippen molar-refractivity contribution in [3.63, 3.8) is 0 Å². The Morgan fingerprint density at radius 1 is 0.508 bits per heavy atom. The second-order valence-corrected chi connectivity index (χ2v) is 15.5. The first-order valence-corrected chi connectivity index (χ1v) is 21.5. The summed E-state index contributed by atoms with van der Waals surface area (Å²) in [5.41, 5.74) is 14.3. The van der Waals surface area contributed by atoms with Gasteiger partial charge in [-0.1, -0.05) is 171 Å². The number of allylic oxidation sites excluding steroid dienone is 11. The van der Waals surface area contributed by atoms with Gasteiger partial charge in [0.2, 0.25) is 0 Å². The lowest BCUT2D eigenvalue weighted by molar-refractivity contribution is 1.28. The topological polar surface area (TPSA) is 38.7 Å². The third kappa shape index (κ3) is 11.0. The minimum Gasteiger partial charge on any atom is -0.265 e. The molecule has 9 aromatic rings. The number of rotatable bonds is 10. The van der Waals surface area contributed by atoms with Gasteiger partial charge in [0.15, 0.2) is 0 Å². The van der Waals surface area contributed by atoms with Crippen LogP contribution >= 0.6 is 0 Å². The van der Waals surface area contributed by atoms with Crippen LogP contribution < -0.4 is 0 Å². The third-order valence-corrected chi connectivity index (χ3v) is 10.9. The van der Waals surface area contributed by atoms with E-state index in [1.165, 1.54) is 76.8 Å². The van der Waals surface area contributed by atoms with Crippen molar-refractivity contribution in [1.29, 1.82) is 0 Å². The highest BCUT2D eigenvalue weighted by molar-refractivity contribution is 6.27. The van der Waals surface area contributed by atoms with Crippen molar-refractivity contribution in [2.75, 3.05) is 0 Å². The number of hydrogen-bond acceptors (Lipinski definition) is 3. The monoisotopic (exact) mass is 841 g/mol. The molecule has 0 spiro atoms. The van der Waals surface area contributed by atoms with Gasteiger partial charge in [0, 0.05) is 30.2 Å². The Balaban J connectivity index is 0.000000215. The van der Waals surface area contributed by atoms with Crippen molar-refractivity contribution in [2.24, 2.45) is 0 Å². The molecule has 0 bridgehead atoms. The molecule has 9 rings (SSSR count). The molecular weight excluding hydrogens is 787 g/mol. The summed E-state index contributed by atoms with van der Waals surface area (Å²) < 4.78 is 0. The smallest absolute Gasteiger partial charge is 0.0702 e. The fourth-order valence-electron chi connectivity index (χ4n) is 7.59. The number of hydrogen-bond donors (Lipinski definition) is 0. The van der Waals surface area contributed by atoms with Gasteiger partial charge in [-0.15, -0.1) is 13.2 Å². The summed E-state index contributed by atoms with van der Waals surface area (Å²) in [6.07, 6.45) is 18.6. The van der Waals surface area contributed by atoms with Crippen LogP contribution in [0.25, 0.3) is 82.2 Å². The minimum absolute atomic E-state index is 0.841. The standard InChI is InChI=1S/C36H22N2.C14H15N.C10H14.C2H4/c1-2-29-22-28(11-16-34(29)38-19-1)23-3-5-24(6-4-23)30-12-7-26-10-15-33-31(25-17-20-37-21-18-25)13-8-27-9-14-32(30)35(26)36(27)33;1-11(2)8-9-12(3)13(4)14-7-5-6-10-15-14;1-5-7-8-10(6-2)9(3)4;1-2/h1-22H;5-10H,1,3-4H2,2H3;5-8H,1-2H2,3-4H3;1-2H2/b;9-8-;8-7-;. The van der Waals surface area contributed by atoms with E-state index >= 15 is 0 Å². The van der Waals surface area contributed by atoms with Crippen LogP contribution in [0.4, 0.5) is 0 Å². The number of benzene rings is 6. The lowest BCUT2D eigenvalue weighted by atomic mass is 9.87. The Kier molecular flexibility index (Phi) is 15.8. The molecule has 0 amide bonds. The van der Waals surface area contributed by atoms with Gasteiger partial charge in [0.05, 0.1) is 11.2 Å². The number of nitrogens with zero attached hydrogens (tertiary/aromatic N) is 3. The average Bonchev–Trinajstić information content (AvgIpc) is 3.36. The van der Waals surface area contributed by atoms with E-state index in [-0.39, 0.29) is 0 Å². The third-order valence-electron chi connectivity index (χ3n) is 10.9. The van der Waals surface area contributed by atoms with Crippen molar-refractivity contribution < 1.29 is 0 Å². The molecule has 3 heterocycles. The summed E-state index contributed by atoms with van der Waals surface area (Å²) in [6.45, 7) is 31.0. The van der Waals surface area contributed by atoms with Crippen molar-refractivity contribution in [1.82, 2.24) is 15.0 Å². The predicted octanol–water partition coefficient (Wildman–Crippen LogP) is 17.4. The summed E-state index contributed by atoms with van der Waals surface area (Å²) in [4.78, 5) is 12.9. The van der Waals surface area contributed by atoms with E-state index in [1.807, 2.05) is 80.2 Å². The van der Waals surface area contributed by atoms with E-state index in [0.29, 0.717) is 0 Å². The summed E-state index contributed by atoms with van der Waals surface area (Å²) in [5.74, 6) is 0. The molecule has 0 N–H and O–H groups in total. The number of aromatic nitrogens is 3. The molecule has 0 atom stereocenters. The normalized spacial score (nSPS) is 10.7. The van der Waals surface area contributed by atoms with Gasteiger partial charge in [-0.05, 0) is 146 Å². The second-order valence-electron chi connectivity index (χ2n) is 15.5.